The van der Waals surface area contributed by atoms with Gasteiger partial charge in [-0.25, -0.2) is 0 Å². The van der Waals surface area contributed by atoms with Crippen LogP contribution in [-0.2, 0) is 0 Å². The summed E-state index contributed by atoms with van der Waals surface area (Å²) in [6, 6.07) is 13.2. The molecule has 0 saturated carbocycles. The zero-order valence-electron chi connectivity index (χ0n) is 12.3. The number of carbonyl (C=O) groups excluding carboxylic acids is 1. The molecule has 0 spiro atoms. The minimum Gasteiger partial charge on any atom is -0.545 e. The van der Waals surface area contributed by atoms with Gasteiger partial charge in [-0.05, 0) is 53.3 Å². The van der Waals surface area contributed by atoms with Crippen LogP contribution in [0.4, 0.5) is 5.69 Å². The van der Waals surface area contributed by atoms with E-state index in [2.05, 4.69) is 23.5 Å². The molecule has 0 saturated heterocycles. The Bertz CT molecular complexity index is 815. The van der Waals surface area contributed by atoms with Gasteiger partial charge in [0.25, 0.3) is 0 Å². The molecule has 4 rings (SSSR count). The quantitative estimate of drug-likeness (QED) is 0.860. The Morgan fingerprint density at radius 2 is 2.09 bits per heavy atom. The number of aromatic carboxylic acids is 1. The van der Waals surface area contributed by atoms with Crippen molar-refractivity contribution in [2.24, 2.45) is 5.92 Å². The van der Waals surface area contributed by atoms with E-state index in [-0.39, 0.29) is 17.5 Å². The smallest absolute Gasteiger partial charge is 0.0715 e. The van der Waals surface area contributed by atoms with Crippen LogP contribution in [0.5, 0.6) is 0 Å². The minimum absolute atomic E-state index is 0.162. The van der Waals surface area contributed by atoms with Crippen molar-refractivity contribution in [3.8, 4) is 0 Å². The van der Waals surface area contributed by atoms with Gasteiger partial charge in [0.15, 0.2) is 0 Å². The van der Waals surface area contributed by atoms with Crippen molar-refractivity contribution in [2.75, 3.05) is 5.32 Å². The number of nitrogens with one attached hydrogen (secondary N) is 1. The topological polar surface area (TPSA) is 52.2 Å². The van der Waals surface area contributed by atoms with E-state index < -0.39 is 5.97 Å². The molecule has 116 valence electrons. The fourth-order valence-electron chi connectivity index (χ4n) is 3.75. The third-order valence-electron chi connectivity index (χ3n) is 4.81. The van der Waals surface area contributed by atoms with Gasteiger partial charge >= 0.3 is 0 Å². The molecule has 1 aliphatic heterocycles. The molecule has 0 bridgehead atoms. The van der Waals surface area contributed by atoms with E-state index in [1.54, 1.807) is 12.1 Å². The van der Waals surface area contributed by atoms with Crippen LogP contribution in [-0.4, -0.2) is 5.97 Å². The van der Waals surface area contributed by atoms with Crippen LogP contribution in [0, 0.1) is 5.92 Å². The Morgan fingerprint density at radius 1 is 1.22 bits per heavy atom. The first-order valence-electron chi connectivity index (χ1n) is 7.67. The maximum absolute atomic E-state index is 11.1. The van der Waals surface area contributed by atoms with Gasteiger partial charge in [-0.3, -0.25) is 0 Å². The second-order valence-corrected chi connectivity index (χ2v) is 6.56. The predicted molar refractivity (Wildman–Crippen MR) is 88.6 cm³/mol. The summed E-state index contributed by atoms with van der Waals surface area (Å²) in [4.78, 5) is 11.1. The van der Waals surface area contributed by atoms with E-state index in [0.717, 1.165) is 28.3 Å². The molecule has 0 aromatic heterocycles. The van der Waals surface area contributed by atoms with Crippen molar-refractivity contribution in [1.29, 1.82) is 0 Å². The lowest BCUT2D eigenvalue weighted by Crippen LogP contribution is -2.30. The zero-order valence-corrected chi connectivity index (χ0v) is 13.1. The number of anilines is 1. The largest absolute Gasteiger partial charge is 0.545 e. The monoisotopic (exact) mass is 324 g/mol. The number of carboxylic acid groups (broad SMARTS) is 1. The molecule has 2 aromatic rings. The molecule has 3 nitrogen and oxygen atoms in total. The van der Waals surface area contributed by atoms with E-state index in [4.69, 9.17) is 11.6 Å². The van der Waals surface area contributed by atoms with E-state index in [0.29, 0.717) is 5.92 Å². The maximum atomic E-state index is 11.1. The fraction of sp³-hybridized carbons (Fsp3) is 0.211. The number of fused-ring (bicyclic) bond motifs is 3. The normalized spacial score (nSPS) is 24.7. The summed E-state index contributed by atoms with van der Waals surface area (Å²) in [6.45, 7) is 0. The lowest BCUT2D eigenvalue weighted by Gasteiger charge is -2.38. The first-order chi connectivity index (χ1) is 11.1. The van der Waals surface area contributed by atoms with Crippen LogP contribution < -0.4 is 10.4 Å². The summed E-state index contributed by atoms with van der Waals surface area (Å²) in [5, 5.41) is 15.4. The van der Waals surface area contributed by atoms with Crippen molar-refractivity contribution < 1.29 is 9.90 Å². The van der Waals surface area contributed by atoms with Gasteiger partial charge in [0.1, 0.15) is 0 Å². The average Bonchev–Trinajstić information content (AvgIpc) is 3.03. The maximum Gasteiger partial charge on any atom is 0.0715 e. The molecular weight excluding hydrogens is 310 g/mol. The summed E-state index contributed by atoms with van der Waals surface area (Å²) in [7, 11) is 0. The van der Waals surface area contributed by atoms with Gasteiger partial charge in [-0.15, -0.1) is 0 Å². The molecule has 3 atom stereocenters. The standard InChI is InChI=1S/C19H16ClNO2/c20-13-4-1-3-11(9-13)18-15-6-2-5-14(15)16-10-12(19(22)23)7-8-17(16)21-18/h1-5,7-10,14-15,18,21H,6H2,(H,22,23)/p-1/t14-,15-,18+/m0/s1. The molecule has 0 amide bonds. The van der Waals surface area contributed by atoms with Crippen molar-refractivity contribution in [1.82, 2.24) is 0 Å². The summed E-state index contributed by atoms with van der Waals surface area (Å²) >= 11 is 6.15. The average molecular weight is 325 g/mol. The summed E-state index contributed by atoms with van der Waals surface area (Å²) in [6.07, 6.45) is 5.32. The van der Waals surface area contributed by atoms with Gasteiger partial charge in [0.05, 0.1) is 12.0 Å². The number of carbonyl (C=O) groups is 1. The van der Waals surface area contributed by atoms with Crippen LogP contribution in [0.3, 0.4) is 0 Å². The van der Waals surface area contributed by atoms with Gasteiger partial charge in [-0.2, -0.15) is 0 Å². The minimum atomic E-state index is -1.14. The van der Waals surface area contributed by atoms with Crippen LogP contribution >= 0.6 is 11.6 Å². The van der Waals surface area contributed by atoms with E-state index in [9.17, 15) is 9.90 Å². The molecule has 1 heterocycles. The third kappa shape index (κ3) is 2.41. The molecular formula is C19H15ClNO2-. The lowest BCUT2D eigenvalue weighted by molar-refractivity contribution is -0.255. The lowest BCUT2D eigenvalue weighted by atomic mass is 9.76. The number of halogens is 1. The Labute approximate surface area is 139 Å². The van der Waals surface area contributed by atoms with Crippen molar-refractivity contribution in [3.63, 3.8) is 0 Å². The van der Waals surface area contributed by atoms with E-state index in [1.165, 1.54) is 0 Å². The number of allylic oxidation sites excluding steroid dienone is 2. The molecule has 2 aliphatic rings. The highest BCUT2D eigenvalue weighted by atomic mass is 35.5. The number of carboxylic acids is 1. The summed E-state index contributed by atoms with van der Waals surface area (Å²) in [5.74, 6) is -0.559. The van der Waals surface area contributed by atoms with E-state index >= 15 is 0 Å². The van der Waals surface area contributed by atoms with E-state index in [1.807, 2.05) is 24.3 Å². The molecule has 0 unspecified atom stereocenters. The zero-order chi connectivity index (χ0) is 16.0. The molecule has 4 heteroatoms. The Hall–Kier alpha value is -2.26. The molecule has 1 N–H and O–H groups in total. The van der Waals surface area contributed by atoms with Gasteiger partial charge in [-0.1, -0.05) is 42.0 Å². The number of hydrogen-bond acceptors (Lipinski definition) is 3. The van der Waals surface area contributed by atoms with Crippen LogP contribution in [0.1, 0.15) is 39.9 Å². The Morgan fingerprint density at radius 3 is 2.87 bits per heavy atom. The van der Waals surface area contributed by atoms with Crippen molar-refractivity contribution >= 4 is 23.3 Å². The summed E-state index contributed by atoms with van der Waals surface area (Å²) < 4.78 is 0. The molecule has 1 aliphatic carbocycles. The van der Waals surface area contributed by atoms with Crippen LogP contribution in [0.25, 0.3) is 0 Å². The molecule has 2 aromatic carbocycles. The van der Waals surface area contributed by atoms with Crippen LogP contribution in [0.2, 0.25) is 5.02 Å². The number of rotatable bonds is 2. The number of benzene rings is 2. The SMILES string of the molecule is O=C([O-])c1ccc2c(c1)[C@H]1C=CC[C@@H]1[C@@H](c1cccc(Cl)c1)N2. The van der Waals surface area contributed by atoms with Crippen LogP contribution in [0.15, 0.2) is 54.6 Å². The van der Waals surface area contributed by atoms with Crippen molar-refractivity contribution in [2.45, 2.75) is 18.4 Å². The highest BCUT2D eigenvalue weighted by Gasteiger charge is 2.37. The third-order valence-corrected chi connectivity index (χ3v) is 5.04. The molecule has 0 fully saturated rings. The second kappa shape index (κ2) is 5.43. The second-order valence-electron chi connectivity index (χ2n) is 6.12. The first kappa shape index (κ1) is 14.3. The first-order valence-corrected chi connectivity index (χ1v) is 8.05. The number of hydrogen-bond donors (Lipinski definition) is 1. The molecule has 23 heavy (non-hydrogen) atoms. The highest BCUT2D eigenvalue weighted by molar-refractivity contribution is 6.30. The van der Waals surface area contributed by atoms with Gasteiger partial charge < -0.3 is 15.2 Å². The molecule has 0 radical (unpaired) electrons. The Kier molecular flexibility index (Phi) is 3.38. The fourth-order valence-corrected chi connectivity index (χ4v) is 3.95. The predicted octanol–water partition coefficient (Wildman–Crippen LogP) is 3.53. The van der Waals surface area contributed by atoms with Gasteiger partial charge in [0.2, 0.25) is 0 Å². The van der Waals surface area contributed by atoms with Gasteiger partial charge in [0, 0.05) is 16.6 Å². The summed E-state index contributed by atoms with van der Waals surface area (Å²) in [5.41, 5.74) is 3.40. The Balaban J connectivity index is 1.79. The highest BCUT2D eigenvalue weighted by Crippen LogP contribution is 2.50. The van der Waals surface area contributed by atoms with Crippen molar-refractivity contribution in [3.05, 3.63) is 76.3 Å².